The first-order chi connectivity index (χ1) is 10.6. The summed E-state index contributed by atoms with van der Waals surface area (Å²) < 4.78 is 22.5. The lowest BCUT2D eigenvalue weighted by atomic mass is 10.1. The normalized spacial score (nSPS) is 10.1. The Morgan fingerprint density at radius 1 is 1.05 bits per heavy atom. The number of methoxy groups -OCH3 is 1. The highest BCUT2D eigenvalue weighted by molar-refractivity contribution is 5.89. The first-order valence-electron chi connectivity index (χ1n) is 6.66. The molecule has 0 saturated carbocycles. The summed E-state index contributed by atoms with van der Waals surface area (Å²) in [6, 6.07) is 12.3. The van der Waals surface area contributed by atoms with E-state index in [9.17, 15) is 14.0 Å². The van der Waals surface area contributed by atoms with Gasteiger partial charge in [0, 0.05) is 0 Å². The second-order valence-corrected chi connectivity index (χ2v) is 4.66. The van der Waals surface area contributed by atoms with Gasteiger partial charge < -0.3 is 9.47 Å². The van der Waals surface area contributed by atoms with E-state index in [1.165, 1.54) is 31.4 Å². The van der Waals surface area contributed by atoms with Crippen LogP contribution in [0.25, 0.3) is 0 Å². The molecule has 0 unspecified atom stereocenters. The molecular weight excluding hydrogens is 287 g/mol. The summed E-state index contributed by atoms with van der Waals surface area (Å²) in [6.07, 6.45) is 0.0664. The summed E-state index contributed by atoms with van der Waals surface area (Å²) in [5.41, 5.74) is 1.76. The fraction of sp³-hybridized carbons (Fsp3) is 0.176. The Morgan fingerprint density at radius 3 is 2.45 bits per heavy atom. The van der Waals surface area contributed by atoms with Crippen LogP contribution in [-0.4, -0.2) is 19.0 Å². The maximum Gasteiger partial charge on any atom is 0.337 e. The van der Waals surface area contributed by atoms with Crippen LogP contribution in [0.15, 0.2) is 48.5 Å². The highest BCUT2D eigenvalue weighted by atomic mass is 19.1. The van der Waals surface area contributed by atoms with Gasteiger partial charge >= 0.3 is 11.9 Å². The average Bonchev–Trinajstić information content (AvgIpc) is 2.54. The molecule has 0 saturated heterocycles. The van der Waals surface area contributed by atoms with E-state index in [1.54, 1.807) is 24.3 Å². The van der Waals surface area contributed by atoms with Gasteiger partial charge in [-0.05, 0) is 35.4 Å². The van der Waals surface area contributed by atoms with Crippen molar-refractivity contribution in [2.75, 3.05) is 7.11 Å². The zero-order valence-corrected chi connectivity index (χ0v) is 12.0. The van der Waals surface area contributed by atoms with Crippen LogP contribution >= 0.6 is 0 Å². The van der Waals surface area contributed by atoms with E-state index in [1.807, 2.05) is 0 Å². The van der Waals surface area contributed by atoms with Crippen molar-refractivity contribution in [1.82, 2.24) is 0 Å². The Morgan fingerprint density at radius 2 is 1.77 bits per heavy atom. The number of hydrogen-bond donors (Lipinski definition) is 0. The zero-order valence-electron chi connectivity index (χ0n) is 12.0. The van der Waals surface area contributed by atoms with E-state index in [0.29, 0.717) is 16.7 Å². The van der Waals surface area contributed by atoms with Gasteiger partial charge in [-0.1, -0.05) is 24.3 Å². The lowest BCUT2D eigenvalue weighted by Gasteiger charge is -2.06. The van der Waals surface area contributed by atoms with Crippen molar-refractivity contribution < 1.29 is 23.5 Å². The molecule has 2 aromatic rings. The average molecular weight is 302 g/mol. The second-order valence-electron chi connectivity index (χ2n) is 4.66. The molecule has 0 spiro atoms. The van der Waals surface area contributed by atoms with Crippen LogP contribution in [0.3, 0.4) is 0 Å². The Labute approximate surface area is 127 Å². The van der Waals surface area contributed by atoms with Gasteiger partial charge in [-0.15, -0.1) is 0 Å². The molecule has 0 radical (unpaired) electrons. The van der Waals surface area contributed by atoms with Crippen LogP contribution in [0.4, 0.5) is 4.39 Å². The van der Waals surface area contributed by atoms with Gasteiger partial charge in [0.2, 0.25) is 0 Å². The van der Waals surface area contributed by atoms with Crippen LogP contribution in [-0.2, 0) is 27.3 Å². The Kier molecular flexibility index (Phi) is 5.25. The van der Waals surface area contributed by atoms with Gasteiger partial charge in [-0.2, -0.15) is 0 Å². The molecule has 2 aromatic carbocycles. The van der Waals surface area contributed by atoms with E-state index in [0.717, 1.165) is 0 Å². The van der Waals surface area contributed by atoms with E-state index >= 15 is 0 Å². The molecular formula is C17H15FO4. The van der Waals surface area contributed by atoms with Crippen molar-refractivity contribution in [2.24, 2.45) is 0 Å². The van der Waals surface area contributed by atoms with Crippen molar-refractivity contribution in [3.05, 3.63) is 71.0 Å². The monoisotopic (exact) mass is 302 g/mol. The Bertz CT molecular complexity index is 665. The van der Waals surface area contributed by atoms with Crippen LogP contribution in [0.2, 0.25) is 0 Å². The molecule has 0 heterocycles. The summed E-state index contributed by atoms with van der Waals surface area (Å²) in [5, 5.41) is 0. The second kappa shape index (κ2) is 7.36. The maximum atomic E-state index is 12.8. The summed E-state index contributed by atoms with van der Waals surface area (Å²) in [5.74, 6) is -1.22. The molecule has 0 N–H and O–H groups in total. The quantitative estimate of drug-likeness (QED) is 0.797. The standard InChI is InChI=1S/C17H15FO4/c1-21-17(20)14-4-2-3-13(9-14)11-22-16(19)10-12-5-7-15(18)8-6-12/h2-9H,10-11H2,1H3. The molecule has 0 atom stereocenters. The molecule has 0 aliphatic rings. The number of rotatable bonds is 5. The third kappa shape index (κ3) is 4.41. The smallest absolute Gasteiger partial charge is 0.337 e. The van der Waals surface area contributed by atoms with Crippen LogP contribution < -0.4 is 0 Å². The molecule has 0 aliphatic carbocycles. The molecule has 0 aliphatic heterocycles. The van der Waals surface area contributed by atoms with Crippen molar-refractivity contribution in [2.45, 2.75) is 13.0 Å². The number of benzene rings is 2. The van der Waals surface area contributed by atoms with Crippen LogP contribution in [0, 0.1) is 5.82 Å². The number of carbonyl (C=O) groups is 2. The molecule has 2 rings (SSSR count). The van der Waals surface area contributed by atoms with Gasteiger partial charge in [0.05, 0.1) is 19.1 Å². The van der Waals surface area contributed by atoms with Crippen molar-refractivity contribution in [3.8, 4) is 0 Å². The predicted octanol–water partition coefficient (Wildman–Crippen LogP) is 2.90. The molecule has 0 amide bonds. The lowest BCUT2D eigenvalue weighted by molar-refractivity contribution is -0.144. The highest BCUT2D eigenvalue weighted by Crippen LogP contribution is 2.09. The first kappa shape index (κ1) is 15.7. The third-order valence-electron chi connectivity index (χ3n) is 3.01. The van der Waals surface area contributed by atoms with Crippen LogP contribution in [0.5, 0.6) is 0 Å². The summed E-state index contributed by atoms with van der Waals surface area (Å²) >= 11 is 0. The van der Waals surface area contributed by atoms with Gasteiger partial charge in [0.25, 0.3) is 0 Å². The minimum absolute atomic E-state index is 0.0604. The number of halogens is 1. The molecule has 22 heavy (non-hydrogen) atoms. The van der Waals surface area contributed by atoms with Gasteiger partial charge in [-0.3, -0.25) is 4.79 Å². The van der Waals surface area contributed by atoms with Gasteiger partial charge in [0.1, 0.15) is 12.4 Å². The van der Waals surface area contributed by atoms with Gasteiger partial charge in [0.15, 0.2) is 0 Å². The molecule has 0 aromatic heterocycles. The number of ether oxygens (including phenoxy) is 2. The minimum atomic E-state index is -0.445. The van der Waals surface area contributed by atoms with Crippen molar-refractivity contribution in [1.29, 1.82) is 0 Å². The van der Waals surface area contributed by atoms with E-state index in [-0.39, 0.29) is 18.8 Å². The fourth-order valence-corrected chi connectivity index (χ4v) is 1.89. The number of carbonyl (C=O) groups excluding carboxylic acids is 2. The van der Waals surface area contributed by atoms with Gasteiger partial charge in [-0.25, -0.2) is 9.18 Å². The summed E-state index contributed by atoms with van der Waals surface area (Å²) in [6.45, 7) is 0.0604. The third-order valence-corrected chi connectivity index (χ3v) is 3.01. The SMILES string of the molecule is COC(=O)c1cccc(COC(=O)Cc2ccc(F)cc2)c1. The molecule has 4 nitrogen and oxygen atoms in total. The van der Waals surface area contributed by atoms with Crippen LogP contribution in [0.1, 0.15) is 21.5 Å². The maximum absolute atomic E-state index is 12.8. The largest absolute Gasteiger partial charge is 0.465 e. The zero-order chi connectivity index (χ0) is 15.9. The molecule has 5 heteroatoms. The molecule has 0 bridgehead atoms. The molecule has 0 fully saturated rings. The predicted molar refractivity (Wildman–Crippen MR) is 77.7 cm³/mol. The topological polar surface area (TPSA) is 52.6 Å². The van der Waals surface area contributed by atoms with E-state index in [2.05, 4.69) is 4.74 Å². The summed E-state index contributed by atoms with van der Waals surface area (Å²) in [4.78, 5) is 23.1. The minimum Gasteiger partial charge on any atom is -0.465 e. The first-order valence-corrected chi connectivity index (χ1v) is 6.66. The number of hydrogen-bond acceptors (Lipinski definition) is 4. The van der Waals surface area contributed by atoms with Crippen molar-refractivity contribution in [3.63, 3.8) is 0 Å². The molecule has 114 valence electrons. The fourth-order valence-electron chi connectivity index (χ4n) is 1.89. The lowest BCUT2D eigenvalue weighted by Crippen LogP contribution is -2.08. The van der Waals surface area contributed by atoms with E-state index in [4.69, 9.17) is 4.74 Å². The Balaban J connectivity index is 1.91. The Hall–Kier alpha value is -2.69. The van der Waals surface area contributed by atoms with E-state index < -0.39 is 11.9 Å². The highest BCUT2D eigenvalue weighted by Gasteiger charge is 2.08. The van der Waals surface area contributed by atoms with Crippen molar-refractivity contribution >= 4 is 11.9 Å². The summed E-state index contributed by atoms with van der Waals surface area (Å²) in [7, 11) is 1.30. The number of esters is 2.